The molecule has 4 nitrogen and oxygen atoms in total. The number of ether oxygens (including phenoxy) is 1. The van der Waals surface area contributed by atoms with Gasteiger partial charge in [-0.15, -0.1) is 0 Å². The maximum atomic E-state index is 11.4. The molecule has 0 bridgehead atoms. The zero-order valence-corrected chi connectivity index (χ0v) is 8.43. The van der Waals surface area contributed by atoms with Crippen LogP contribution in [0.5, 0.6) is 5.88 Å². The molecule has 0 saturated heterocycles. The number of carbonyl (C=O) groups excluding carboxylic acids is 1. The van der Waals surface area contributed by atoms with Crippen LogP contribution in [0.1, 0.15) is 13.8 Å². The van der Waals surface area contributed by atoms with Crippen molar-refractivity contribution in [2.75, 3.05) is 13.1 Å². The fourth-order valence-electron chi connectivity index (χ4n) is 1.04. The van der Waals surface area contributed by atoms with Crippen molar-refractivity contribution < 1.29 is 9.53 Å². The highest BCUT2D eigenvalue weighted by atomic mass is 16.6. The maximum absolute atomic E-state index is 11.4. The van der Waals surface area contributed by atoms with Crippen molar-refractivity contribution in [3.63, 3.8) is 0 Å². The Morgan fingerprint density at radius 2 is 2.14 bits per heavy atom. The number of carbonyl (C=O) groups is 1. The number of aromatic nitrogens is 1. The zero-order valence-electron chi connectivity index (χ0n) is 8.43. The average molecular weight is 194 g/mol. The molecular formula is C10H14N2O2. The number of rotatable bonds is 3. The van der Waals surface area contributed by atoms with Crippen LogP contribution in [0.3, 0.4) is 0 Å². The minimum atomic E-state index is -0.353. The number of hydrogen-bond acceptors (Lipinski definition) is 3. The zero-order chi connectivity index (χ0) is 10.4. The van der Waals surface area contributed by atoms with Crippen LogP contribution in [0.25, 0.3) is 0 Å². The second-order valence-corrected chi connectivity index (χ2v) is 2.71. The lowest BCUT2D eigenvalue weighted by molar-refractivity contribution is 0.155. The van der Waals surface area contributed by atoms with Crippen LogP contribution in [0, 0.1) is 0 Å². The van der Waals surface area contributed by atoms with Crippen LogP contribution in [-0.2, 0) is 0 Å². The fraction of sp³-hybridized carbons (Fsp3) is 0.400. The van der Waals surface area contributed by atoms with Crippen molar-refractivity contribution in [2.24, 2.45) is 0 Å². The molecule has 1 rings (SSSR count). The first-order valence-corrected chi connectivity index (χ1v) is 4.65. The third-order valence-corrected chi connectivity index (χ3v) is 1.85. The average Bonchev–Trinajstić information content (AvgIpc) is 2.21. The highest BCUT2D eigenvalue weighted by molar-refractivity contribution is 5.69. The fourth-order valence-corrected chi connectivity index (χ4v) is 1.04. The summed E-state index contributed by atoms with van der Waals surface area (Å²) in [4.78, 5) is 16.9. The molecule has 1 aromatic rings. The Labute approximate surface area is 83.5 Å². The molecule has 0 atom stereocenters. The molecule has 1 aromatic heterocycles. The predicted octanol–water partition coefficient (Wildman–Crippen LogP) is 1.92. The van der Waals surface area contributed by atoms with E-state index in [4.69, 9.17) is 4.74 Å². The number of nitrogens with zero attached hydrogens (tertiary/aromatic N) is 2. The third-order valence-electron chi connectivity index (χ3n) is 1.85. The second-order valence-electron chi connectivity index (χ2n) is 2.71. The quantitative estimate of drug-likeness (QED) is 0.738. The van der Waals surface area contributed by atoms with E-state index >= 15 is 0 Å². The van der Waals surface area contributed by atoms with Gasteiger partial charge in [0.25, 0.3) is 0 Å². The van der Waals surface area contributed by atoms with Crippen LogP contribution >= 0.6 is 0 Å². The van der Waals surface area contributed by atoms with Gasteiger partial charge >= 0.3 is 6.09 Å². The molecule has 1 heterocycles. The van der Waals surface area contributed by atoms with E-state index in [1.165, 1.54) is 0 Å². The van der Waals surface area contributed by atoms with Crippen molar-refractivity contribution in [2.45, 2.75) is 13.8 Å². The number of pyridine rings is 1. The van der Waals surface area contributed by atoms with Crippen molar-refractivity contribution in [1.29, 1.82) is 0 Å². The van der Waals surface area contributed by atoms with Gasteiger partial charge in [0.15, 0.2) is 0 Å². The third kappa shape index (κ3) is 2.73. The molecule has 76 valence electrons. The van der Waals surface area contributed by atoms with E-state index in [-0.39, 0.29) is 6.09 Å². The first-order valence-electron chi connectivity index (χ1n) is 4.65. The lowest BCUT2D eigenvalue weighted by Crippen LogP contribution is -2.33. The standard InChI is InChI=1S/C10H14N2O2/c1-3-12(4-2)10(13)14-9-7-5-6-8-11-9/h5-8H,3-4H2,1-2H3. The molecule has 0 unspecified atom stereocenters. The Morgan fingerprint density at radius 3 is 2.64 bits per heavy atom. The SMILES string of the molecule is CCN(CC)C(=O)Oc1ccccn1. The summed E-state index contributed by atoms with van der Waals surface area (Å²) in [7, 11) is 0. The van der Waals surface area contributed by atoms with E-state index in [1.54, 1.807) is 29.3 Å². The Bertz CT molecular complexity index is 283. The second kappa shape index (κ2) is 5.21. The van der Waals surface area contributed by atoms with E-state index in [1.807, 2.05) is 13.8 Å². The Kier molecular flexibility index (Phi) is 3.91. The lowest BCUT2D eigenvalue weighted by Gasteiger charge is -2.17. The number of hydrogen-bond donors (Lipinski definition) is 0. The molecule has 0 aromatic carbocycles. The molecule has 0 N–H and O–H groups in total. The smallest absolute Gasteiger partial charge is 0.391 e. The van der Waals surface area contributed by atoms with Crippen molar-refractivity contribution in [3.8, 4) is 5.88 Å². The Hall–Kier alpha value is -1.58. The molecule has 4 heteroatoms. The van der Waals surface area contributed by atoms with Crippen molar-refractivity contribution in [3.05, 3.63) is 24.4 Å². The maximum Gasteiger partial charge on any atom is 0.416 e. The van der Waals surface area contributed by atoms with Crippen LogP contribution in [0.2, 0.25) is 0 Å². The summed E-state index contributed by atoms with van der Waals surface area (Å²) in [5.74, 6) is 0.337. The predicted molar refractivity (Wildman–Crippen MR) is 53.2 cm³/mol. The number of amides is 1. The van der Waals surface area contributed by atoms with E-state index in [9.17, 15) is 4.79 Å². The van der Waals surface area contributed by atoms with Gasteiger partial charge < -0.3 is 9.64 Å². The van der Waals surface area contributed by atoms with E-state index in [0.717, 1.165) is 0 Å². The van der Waals surface area contributed by atoms with Gasteiger partial charge in [-0.25, -0.2) is 9.78 Å². The summed E-state index contributed by atoms with van der Waals surface area (Å²) in [6.07, 6.45) is 1.24. The molecule has 0 aliphatic rings. The highest BCUT2D eigenvalue weighted by Crippen LogP contribution is 2.05. The van der Waals surface area contributed by atoms with Gasteiger partial charge in [-0.05, 0) is 19.9 Å². The van der Waals surface area contributed by atoms with Gasteiger partial charge in [-0.1, -0.05) is 6.07 Å². The largest absolute Gasteiger partial charge is 0.416 e. The molecular weight excluding hydrogens is 180 g/mol. The molecule has 0 fully saturated rings. The van der Waals surface area contributed by atoms with Gasteiger partial charge in [-0.2, -0.15) is 0 Å². The van der Waals surface area contributed by atoms with E-state index in [0.29, 0.717) is 19.0 Å². The first kappa shape index (κ1) is 10.5. The minimum Gasteiger partial charge on any atom is -0.391 e. The lowest BCUT2D eigenvalue weighted by atomic mass is 10.5. The van der Waals surface area contributed by atoms with Crippen LogP contribution in [0.15, 0.2) is 24.4 Å². The summed E-state index contributed by atoms with van der Waals surface area (Å²) in [6, 6.07) is 5.20. The normalized spacial score (nSPS) is 9.57. The first-order chi connectivity index (χ1) is 6.77. The molecule has 0 radical (unpaired) electrons. The highest BCUT2D eigenvalue weighted by Gasteiger charge is 2.11. The summed E-state index contributed by atoms with van der Waals surface area (Å²) in [5.41, 5.74) is 0. The summed E-state index contributed by atoms with van der Waals surface area (Å²) >= 11 is 0. The van der Waals surface area contributed by atoms with Crippen molar-refractivity contribution in [1.82, 2.24) is 9.88 Å². The van der Waals surface area contributed by atoms with Crippen LogP contribution in [0.4, 0.5) is 4.79 Å². The molecule has 0 spiro atoms. The topological polar surface area (TPSA) is 42.4 Å². The van der Waals surface area contributed by atoms with Crippen molar-refractivity contribution >= 4 is 6.09 Å². The summed E-state index contributed by atoms with van der Waals surface area (Å²) in [6.45, 7) is 5.09. The van der Waals surface area contributed by atoms with Gasteiger partial charge in [0.05, 0.1) is 0 Å². The summed E-state index contributed by atoms with van der Waals surface area (Å²) < 4.78 is 5.03. The van der Waals surface area contributed by atoms with Crippen LogP contribution in [-0.4, -0.2) is 29.1 Å². The molecule has 0 saturated carbocycles. The van der Waals surface area contributed by atoms with Gasteiger partial charge in [-0.3, -0.25) is 0 Å². The molecule has 14 heavy (non-hydrogen) atoms. The minimum absolute atomic E-state index is 0.337. The van der Waals surface area contributed by atoms with Gasteiger partial charge in [0, 0.05) is 25.4 Å². The van der Waals surface area contributed by atoms with E-state index < -0.39 is 0 Å². The Morgan fingerprint density at radius 1 is 1.43 bits per heavy atom. The molecule has 0 aliphatic carbocycles. The molecule has 1 amide bonds. The molecule has 0 aliphatic heterocycles. The van der Waals surface area contributed by atoms with Gasteiger partial charge in [0.2, 0.25) is 5.88 Å². The van der Waals surface area contributed by atoms with Gasteiger partial charge in [0.1, 0.15) is 0 Å². The van der Waals surface area contributed by atoms with E-state index in [2.05, 4.69) is 4.98 Å². The Balaban J connectivity index is 2.57. The summed E-state index contributed by atoms with van der Waals surface area (Å²) in [5, 5.41) is 0. The van der Waals surface area contributed by atoms with Crippen LogP contribution < -0.4 is 4.74 Å². The monoisotopic (exact) mass is 194 g/mol.